The van der Waals surface area contributed by atoms with Crippen LogP contribution in [0.15, 0.2) is 0 Å². The summed E-state index contributed by atoms with van der Waals surface area (Å²) in [5.41, 5.74) is 0. The second-order valence-electron chi connectivity index (χ2n) is 4.26. The summed E-state index contributed by atoms with van der Waals surface area (Å²) in [7, 11) is 0.806. The van der Waals surface area contributed by atoms with E-state index in [-0.39, 0.29) is 24.5 Å². The Morgan fingerprint density at radius 2 is 2.17 bits per heavy atom. The average Bonchev–Trinajstić information content (AvgIpc) is 2.87. The van der Waals surface area contributed by atoms with E-state index in [0.717, 1.165) is 35.4 Å². The summed E-state index contributed by atoms with van der Waals surface area (Å²) < 4.78 is 0. The Morgan fingerprint density at radius 3 is 2.83 bits per heavy atom. The fraction of sp³-hybridized carbons (Fsp3) is 0.800. The molecule has 5 N–H and O–H groups in total. The first-order chi connectivity index (χ1) is 8.66. The van der Waals surface area contributed by atoms with E-state index in [1.165, 1.54) is 0 Å². The number of aliphatic carboxylic acids is 1. The molecule has 0 radical (unpaired) electrons. The highest BCUT2D eigenvalue weighted by Gasteiger charge is 2.42. The lowest BCUT2D eigenvalue weighted by molar-refractivity contribution is -0.137. The first-order valence-electron chi connectivity index (χ1n) is 6.15. The fourth-order valence-corrected chi connectivity index (χ4v) is 3.81. The van der Waals surface area contributed by atoms with E-state index < -0.39 is 5.97 Å². The van der Waals surface area contributed by atoms with Gasteiger partial charge in [-0.1, -0.05) is 6.42 Å². The van der Waals surface area contributed by atoms with Gasteiger partial charge >= 0.3 is 12.0 Å². The van der Waals surface area contributed by atoms with Crippen molar-refractivity contribution in [3.8, 4) is 0 Å². The van der Waals surface area contributed by atoms with Crippen LogP contribution < -0.4 is 16.0 Å². The lowest BCUT2D eigenvalue weighted by Crippen LogP contribution is -2.36. The number of nitrogens with two attached hydrogens (primary N) is 1. The van der Waals surface area contributed by atoms with Gasteiger partial charge in [-0.25, -0.2) is 4.79 Å². The zero-order valence-corrected chi connectivity index (χ0v) is 13.3. The standard InChI is InChI=1S/C10H16N2O3S.H5NSi/c13-8(14)4-2-1-3-7-9-6(5-16-7)11-10(15)12-9;1-2/h6-7,9H,1-5H2,(H,13,14)(H2,11,12,15);1H2,2H3/t6-,7-,9-;/m0./s1. The molecule has 0 aromatic rings. The Kier molecular flexibility index (Phi) is 6.51. The number of rotatable bonds is 5. The monoisotopic (exact) mass is 291 g/mol. The predicted octanol–water partition coefficient (Wildman–Crippen LogP) is -0.978. The fourth-order valence-electron chi connectivity index (χ4n) is 2.26. The highest BCUT2D eigenvalue weighted by atomic mass is 32.2. The smallest absolute Gasteiger partial charge is 0.315 e. The van der Waals surface area contributed by atoms with Crippen molar-refractivity contribution in [1.29, 1.82) is 0 Å². The van der Waals surface area contributed by atoms with Crippen molar-refractivity contribution in [2.24, 2.45) is 5.40 Å². The summed E-state index contributed by atoms with van der Waals surface area (Å²) in [6.45, 7) is 0. The minimum atomic E-state index is -0.729. The number of carbonyl (C=O) groups is 2. The predicted molar refractivity (Wildman–Crippen MR) is 75.7 cm³/mol. The zero-order chi connectivity index (χ0) is 13.5. The number of thioether (sulfide) groups is 1. The Morgan fingerprint density at radius 1 is 1.44 bits per heavy atom. The molecule has 8 heteroatoms. The molecule has 0 aromatic heterocycles. The number of urea groups is 1. The molecule has 2 aliphatic heterocycles. The van der Waals surface area contributed by atoms with Gasteiger partial charge in [-0.3, -0.25) is 4.79 Å². The summed E-state index contributed by atoms with van der Waals surface area (Å²) in [4.78, 5) is 21.5. The van der Waals surface area contributed by atoms with E-state index in [1.54, 1.807) is 0 Å². The molecule has 2 rings (SSSR count). The van der Waals surface area contributed by atoms with E-state index in [1.807, 2.05) is 11.8 Å². The molecule has 0 aromatic carbocycles. The Labute approximate surface area is 114 Å². The number of unbranched alkanes of at least 4 members (excludes halogenated alkanes) is 1. The first-order valence-corrected chi connectivity index (χ1v) is 8.35. The molecule has 0 bridgehead atoms. The minimum Gasteiger partial charge on any atom is -0.481 e. The molecule has 0 spiro atoms. The molecular weight excluding hydrogens is 270 g/mol. The molecule has 2 saturated heterocycles. The number of hydrogen-bond acceptors (Lipinski definition) is 4. The topological polar surface area (TPSA) is 104 Å². The van der Waals surface area contributed by atoms with Gasteiger partial charge in [0.15, 0.2) is 0 Å². The van der Waals surface area contributed by atoms with Crippen LogP contribution in [0.25, 0.3) is 0 Å². The summed E-state index contributed by atoms with van der Waals surface area (Å²) >= 11 is 1.87. The highest BCUT2D eigenvalue weighted by molar-refractivity contribution is 8.00. The SMILES string of the molecule is N[SiH3].O=C(O)CCCC[C@@H]1SC[C@@H]2NC(=O)N[C@@H]21. The van der Waals surface area contributed by atoms with Gasteiger partial charge in [-0.2, -0.15) is 11.8 Å². The van der Waals surface area contributed by atoms with Gasteiger partial charge in [0, 0.05) is 17.4 Å². The Balaban J connectivity index is 0.000000771. The number of hydrogen-bond donors (Lipinski definition) is 4. The van der Waals surface area contributed by atoms with E-state index >= 15 is 0 Å². The maximum atomic E-state index is 11.1. The van der Waals surface area contributed by atoms with Crippen LogP contribution in [0.5, 0.6) is 0 Å². The molecule has 2 heterocycles. The van der Waals surface area contributed by atoms with E-state index in [4.69, 9.17) is 5.11 Å². The van der Waals surface area contributed by atoms with Crippen LogP contribution in [-0.2, 0) is 4.79 Å². The summed E-state index contributed by atoms with van der Waals surface area (Å²) in [5.74, 6) is 0.236. The number of amides is 2. The number of fused-ring (bicyclic) bond motifs is 1. The molecule has 0 saturated carbocycles. The molecule has 2 aliphatic rings. The Bertz CT molecular complexity index is 306. The van der Waals surface area contributed by atoms with Crippen molar-refractivity contribution in [2.45, 2.75) is 43.0 Å². The lowest BCUT2D eigenvalue weighted by atomic mass is 10.0. The van der Waals surface area contributed by atoms with Crippen LogP contribution in [0.1, 0.15) is 25.7 Å². The van der Waals surface area contributed by atoms with Crippen LogP contribution in [0.4, 0.5) is 4.79 Å². The van der Waals surface area contributed by atoms with Crippen LogP contribution >= 0.6 is 11.8 Å². The third-order valence-electron chi connectivity index (χ3n) is 3.07. The normalized spacial score (nSPS) is 28.9. The van der Waals surface area contributed by atoms with E-state index in [0.29, 0.717) is 5.25 Å². The van der Waals surface area contributed by atoms with Gasteiger partial charge in [0.05, 0.1) is 22.5 Å². The second-order valence-corrected chi connectivity index (χ2v) is 5.53. The van der Waals surface area contributed by atoms with Crippen LogP contribution in [0, 0.1) is 0 Å². The number of carboxylic acid groups (broad SMARTS) is 1. The zero-order valence-electron chi connectivity index (χ0n) is 10.5. The second kappa shape index (κ2) is 7.65. The molecule has 2 fully saturated rings. The maximum absolute atomic E-state index is 11.1. The summed E-state index contributed by atoms with van der Waals surface area (Å²) in [6.07, 6.45) is 2.88. The van der Waals surface area contributed by atoms with Gasteiger partial charge in [-0.05, 0) is 12.8 Å². The molecular formula is C10H21N3O3SSi. The van der Waals surface area contributed by atoms with Crippen LogP contribution in [0.2, 0.25) is 0 Å². The van der Waals surface area contributed by atoms with Crippen molar-refractivity contribution in [2.75, 3.05) is 5.75 Å². The molecule has 0 aliphatic carbocycles. The molecule has 3 atom stereocenters. The quantitative estimate of drug-likeness (QED) is 0.296. The van der Waals surface area contributed by atoms with Crippen molar-refractivity contribution >= 4 is 34.2 Å². The van der Waals surface area contributed by atoms with Gasteiger partial charge in [0.1, 0.15) is 0 Å². The molecule has 0 unspecified atom stereocenters. The third-order valence-corrected chi connectivity index (χ3v) is 4.58. The third kappa shape index (κ3) is 4.18. The summed E-state index contributed by atoms with van der Waals surface area (Å²) in [6, 6.07) is 0.440. The van der Waals surface area contributed by atoms with E-state index in [2.05, 4.69) is 16.0 Å². The van der Waals surface area contributed by atoms with Gasteiger partial charge in [-0.15, -0.1) is 0 Å². The first kappa shape index (κ1) is 15.3. The van der Waals surface area contributed by atoms with Crippen molar-refractivity contribution < 1.29 is 14.7 Å². The highest BCUT2D eigenvalue weighted by Crippen LogP contribution is 2.33. The van der Waals surface area contributed by atoms with E-state index in [9.17, 15) is 9.59 Å². The van der Waals surface area contributed by atoms with Crippen LogP contribution in [0.3, 0.4) is 0 Å². The largest absolute Gasteiger partial charge is 0.481 e. The van der Waals surface area contributed by atoms with Crippen molar-refractivity contribution in [3.05, 3.63) is 0 Å². The molecule has 18 heavy (non-hydrogen) atoms. The van der Waals surface area contributed by atoms with Crippen LogP contribution in [-0.4, -0.2) is 50.6 Å². The van der Waals surface area contributed by atoms with Gasteiger partial charge in [0.25, 0.3) is 0 Å². The number of carbonyl (C=O) groups excluding carboxylic acids is 1. The lowest BCUT2D eigenvalue weighted by Gasteiger charge is -2.16. The molecule has 104 valence electrons. The minimum absolute atomic E-state index is 0.0640. The number of nitrogens with one attached hydrogen (secondary N) is 2. The maximum Gasteiger partial charge on any atom is 0.315 e. The average molecular weight is 291 g/mol. The van der Waals surface area contributed by atoms with Crippen molar-refractivity contribution in [3.63, 3.8) is 0 Å². The Hall–Kier alpha value is -0.733. The van der Waals surface area contributed by atoms with Crippen molar-refractivity contribution in [1.82, 2.24) is 10.6 Å². The molecule has 2 amide bonds. The summed E-state index contributed by atoms with van der Waals surface area (Å²) in [5, 5.41) is 19.4. The van der Waals surface area contributed by atoms with Gasteiger partial charge in [0.2, 0.25) is 0 Å². The van der Waals surface area contributed by atoms with Gasteiger partial charge < -0.3 is 21.1 Å². The molecule has 6 nitrogen and oxygen atoms in total. The number of carboxylic acids is 1.